The molecule has 1 heterocycles. The summed E-state index contributed by atoms with van der Waals surface area (Å²) in [6, 6.07) is 3.79. The Kier molecular flexibility index (Phi) is 2.37. The third-order valence-corrected chi connectivity index (χ3v) is 2.89. The van der Waals surface area contributed by atoms with Crippen molar-refractivity contribution in [2.75, 3.05) is 11.9 Å². The fraction of sp³-hybridized carbons (Fsp3) is 0.600. The lowest BCUT2D eigenvalue weighted by Gasteiger charge is -2.29. The molecule has 0 amide bonds. The number of nitrogens with one attached hydrogen (secondary N) is 1. The standard InChI is InChI=1S/C10H16N4/c1-10(7-11,8-4-5-8)13-9-3-2-6-12-14-9/h2-3,6,8H,4-5,7,11H2,1H3,(H,13,14). The minimum Gasteiger partial charge on any atom is -0.362 e. The quantitative estimate of drug-likeness (QED) is 0.747. The van der Waals surface area contributed by atoms with Crippen LogP contribution in [-0.2, 0) is 0 Å². The molecule has 0 aromatic carbocycles. The van der Waals surface area contributed by atoms with Crippen LogP contribution in [0, 0.1) is 5.92 Å². The molecule has 4 nitrogen and oxygen atoms in total. The fourth-order valence-electron chi connectivity index (χ4n) is 1.70. The first-order chi connectivity index (χ1) is 6.74. The highest BCUT2D eigenvalue weighted by atomic mass is 15.2. The van der Waals surface area contributed by atoms with Crippen molar-refractivity contribution < 1.29 is 0 Å². The molecule has 0 aliphatic heterocycles. The topological polar surface area (TPSA) is 63.8 Å². The number of anilines is 1. The highest BCUT2D eigenvalue weighted by Gasteiger charge is 2.40. The summed E-state index contributed by atoms with van der Waals surface area (Å²) in [6.07, 6.45) is 4.20. The fourth-order valence-corrected chi connectivity index (χ4v) is 1.70. The summed E-state index contributed by atoms with van der Waals surface area (Å²) >= 11 is 0. The van der Waals surface area contributed by atoms with E-state index in [1.165, 1.54) is 12.8 Å². The first-order valence-corrected chi connectivity index (χ1v) is 5.00. The number of aromatic nitrogens is 2. The van der Waals surface area contributed by atoms with Gasteiger partial charge in [-0.3, -0.25) is 0 Å². The Morgan fingerprint density at radius 1 is 1.64 bits per heavy atom. The smallest absolute Gasteiger partial charge is 0.149 e. The van der Waals surface area contributed by atoms with Crippen LogP contribution in [0.25, 0.3) is 0 Å². The Bertz CT molecular complexity index is 296. The summed E-state index contributed by atoms with van der Waals surface area (Å²) in [7, 11) is 0. The van der Waals surface area contributed by atoms with E-state index in [0.717, 1.165) is 5.82 Å². The summed E-state index contributed by atoms with van der Waals surface area (Å²) in [6.45, 7) is 2.79. The Morgan fingerprint density at radius 2 is 2.43 bits per heavy atom. The molecule has 1 fully saturated rings. The Balaban J connectivity index is 2.08. The summed E-state index contributed by atoms with van der Waals surface area (Å²) in [5.74, 6) is 1.50. The van der Waals surface area contributed by atoms with E-state index >= 15 is 0 Å². The van der Waals surface area contributed by atoms with Crippen LogP contribution in [0.1, 0.15) is 19.8 Å². The Hall–Kier alpha value is -1.16. The second kappa shape index (κ2) is 3.53. The van der Waals surface area contributed by atoms with Gasteiger partial charge in [0.15, 0.2) is 0 Å². The van der Waals surface area contributed by atoms with E-state index in [4.69, 9.17) is 5.73 Å². The van der Waals surface area contributed by atoms with Gasteiger partial charge in [-0.2, -0.15) is 5.10 Å². The van der Waals surface area contributed by atoms with Crippen LogP contribution < -0.4 is 11.1 Å². The van der Waals surface area contributed by atoms with Crippen LogP contribution in [0.5, 0.6) is 0 Å². The van der Waals surface area contributed by atoms with Crippen molar-refractivity contribution in [3.05, 3.63) is 18.3 Å². The van der Waals surface area contributed by atoms with Crippen molar-refractivity contribution in [3.63, 3.8) is 0 Å². The van der Waals surface area contributed by atoms with E-state index < -0.39 is 0 Å². The molecule has 1 unspecified atom stereocenters. The lowest BCUT2D eigenvalue weighted by molar-refractivity contribution is 0.457. The molecular weight excluding hydrogens is 176 g/mol. The van der Waals surface area contributed by atoms with Crippen molar-refractivity contribution in [3.8, 4) is 0 Å². The summed E-state index contributed by atoms with van der Waals surface area (Å²) in [5, 5.41) is 11.2. The number of nitrogens with two attached hydrogens (primary N) is 1. The zero-order valence-corrected chi connectivity index (χ0v) is 8.40. The highest BCUT2D eigenvalue weighted by molar-refractivity contribution is 5.36. The van der Waals surface area contributed by atoms with Gasteiger partial charge in [0.05, 0.1) is 5.54 Å². The number of rotatable bonds is 4. The largest absolute Gasteiger partial charge is 0.362 e. The van der Waals surface area contributed by atoms with Gasteiger partial charge < -0.3 is 11.1 Å². The molecule has 0 bridgehead atoms. The van der Waals surface area contributed by atoms with E-state index in [-0.39, 0.29) is 5.54 Å². The van der Waals surface area contributed by atoms with Gasteiger partial charge in [-0.15, -0.1) is 5.10 Å². The average molecular weight is 192 g/mol. The molecule has 14 heavy (non-hydrogen) atoms. The predicted octanol–water partition coefficient (Wildman–Crippen LogP) is 1.02. The molecule has 3 N–H and O–H groups in total. The van der Waals surface area contributed by atoms with Gasteiger partial charge in [-0.05, 0) is 37.8 Å². The van der Waals surface area contributed by atoms with Gasteiger partial charge in [0.2, 0.25) is 0 Å². The molecule has 4 heteroatoms. The van der Waals surface area contributed by atoms with Gasteiger partial charge in [-0.25, -0.2) is 0 Å². The van der Waals surface area contributed by atoms with Crippen LogP contribution in [-0.4, -0.2) is 22.3 Å². The van der Waals surface area contributed by atoms with Crippen molar-refractivity contribution in [2.24, 2.45) is 11.7 Å². The van der Waals surface area contributed by atoms with Crippen LogP contribution in [0.3, 0.4) is 0 Å². The molecule has 0 spiro atoms. The third-order valence-electron chi connectivity index (χ3n) is 2.89. The predicted molar refractivity (Wildman–Crippen MR) is 55.8 cm³/mol. The lowest BCUT2D eigenvalue weighted by atomic mass is 9.96. The Morgan fingerprint density at radius 3 is 2.93 bits per heavy atom. The van der Waals surface area contributed by atoms with Crippen molar-refractivity contribution >= 4 is 5.82 Å². The maximum Gasteiger partial charge on any atom is 0.149 e. The second-order valence-corrected chi connectivity index (χ2v) is 4.13. The van der Waals surface area contributed by atoms with Gasteiger partial charge >= 0.3 is 0 Å². The normalized spacial score (nSPS) is 20.1. The van der Waals surface area contributed by atoms with Crippen molar-refractivity contribution in [2.45, 2.75) is 25.3 Å². The molecule has 76 valence electrons. The van der Waals surface area contributed by atoms with Gasteiger partial charge in [0.25, 0.3) is 0 Å². The van der Waals surface area contributed by atoms with Crippen LogP contribution in [0.15, 0.2) is 18.3 Å². The molecular formula is C10H16N4. The van der Waals surface area contributed by atoms with E-state index in [0.29, 0.717) is 12.5 Å². The van der Waals surface area contributed by atoms with Crippen LogP contribution >= 0.6 is 0 Å². The molecule has 0 radical (unpaired) electrons. The zero-order valence-electron chi connectivity index (χ0n) is 8.40. The van der Waals surface area contributed by atoms with Crippen LogP contribution in [0.2, 0.25) is 0 Å². The van der Waals surface area contributed by atoms with Gasteiger partial charge in [0.1, 0.15) is 5.82 Å². The molecule has 1 atom stereocenters. The van der Waals surface area contributed by atoms with E-state index in [1.807, 2.05) is 12.1 Å². The maximum absolute atomic E-state index is 5.79. The number of nitrogens with zero attached hydrogens (tertiary/aromatic N) is 2. The minimum atomic E-state index is -0.0178. The third kappa shape index (κ3) is 1.85. The van der Waals surface area contributed by atoms with E-state index in [9.17, 15) is 0 Å². The maximum atomic E-state index is 5.79. The molecule has 0 saturated heterocycles. The summed E-state index contributed by atoms with van der Waals surface area (Å²) in [4.78, 5) is 0. The van der Waals surface area contributed by atoms with Gasteiger partial charge in [0, 0.05) is 12.7 Å². The first kappa shape index (κ1) is 9.40. The van der Waals surface area contributed by atoms with E-state index in [2.05, 4.69) is 22.4 Å². The average Bonchev–Trinajstić information content (AvgIpc) is 3.03. The number of hydrogen-bond donors (Lipinski definition) is 2. The number of hydrogen-bond acceptors (Lipinski definition) is 4. The molecule has 1 aromatic rings. The monoisotopic (exact) mass is 192 g/mol. The minimum absolute atomic E-state index is 0.0178. The summed E-state index contributed by atoms with van der Waals surface area (Å²) < 4.78 is 0. The van der Waals surface area contributed by atoms with Gasteiger partial charge in [-0.1, -0.05) is 0 Å². The second-order valence-electron chi connectivity index (χ2n) is 4.13. The van der Waals surface area contributed by atoms with Crippen LogP contribution in [0.4, 0.5) is 5.82 Å². The zero-order chi connectivity index (χ0) is 10.0. The van der Waals surface area contributed by atoms with E-state index in [1.54, 1.807) is 6.20 Å². The van der Waals surface area contributed by atoms with Crippen molar-refractivity contribution in [1.82, 2.24) is 10.2 Å². The molecule has 1 aliphatic carbocycles. The lowest BCUT2D eigenvalue weighted by Crippen LogP contribution is -2.44. The molecule has 1 aromatic heterocycles. The molecule has 1 saturated carbocycles. The molecule has 1 aliphatic rings. The van der Waals surface area contributed by atoms with Crippen molar-refractivity contribution in [1.29, 1.82) is 0 Å². The SMILES string of the molecule is CC(CN)(Nc1cccnn1)C1CC1. The molecule has 2 rings (SSSR count). The Labute approximate surface area is 83.9 Å². The summed E-state index contributed by atoms with van der Waals surface area (Å²) in [5.41, 5.74) is 5.77. The highest BCUT2D eigenvalue weighted by Crippen LogP contribution is 2.40. The first-order valence-electron chi connectivity index (χ1n) is 5.00.